The molecular weight excluding hydrogens is 590 g/mol. The lowest BCUT2D eigenvalue weighted by atomic mass is 10.0. The van der Waals surface area contributed by atoms with Crippen LogP contribution in [0.2, 0.25) is 0 Å². The van der Waals surface area contributed by atoms with E-state index in [9.17, 15) is 0 Å². The van der Waals surface area contributed by atoms with E-state index < -0.39 is 0 Å². The number of benzene rings is 6. The maximum absolute atomic E-state index is 6.42. The van der Waals surface area contributed by atoms with Gasteiger partial charge in [0.1, 0.15) is 17.0 Å². The molecule has 9 rings (SSSR count). The van der Waals surface area contributed by atoms with Crippen molar-refractivity contribution in [3.8, 4) is 56.7 Å². The van der Waals surface area contributed by atoms with Gasteiger partial charge in [-0.1, -0.05) is 103 Å². The summed E-state index contributed by atoms with van der Waals surface area (Å²) in [5, 5.41) is 1.95. The van der Waals surface area contributed by atoms with E-state index in [0.29, 0.717) is 17.5 Å². The maximum Gasteiger partial charge on any atom is 0.164 e. The van der Waals surface area contributed by atoms with E-state index in [1.54, 1.807) is 0 Å². The van der Waals surface area contributed by atoms with Gasteiger partial charge in [0.15, 0.2) is 17.5 Å². The van der Waals surface area contributed by atoms with Crippen LogP contribution in [0.15, 0.2) is 150 Å². The molecule has 0 fully saturated rings. The molecule has 6 heteroatoms. The van der Waals surface area contributed by atoms with E-state index in [4.69, 9.17) is 24.4 Å². The zero-order valence-corrected chi connectivity index (χ0v) is 26.2. The lowest BCUT2D eigenvalue weighted by Crippen LogP contribution is -2.00. The summed E-state index contributed by atoms with van der Waals surface area (Å²) < 4.78 is 8.67. The third-order valence-corrected chi connectivity index (χ3v) is 8.86. The summed E-state index contributed by atoms with van der Waals surface area (Å²) in [7, 11) is 0. The second kappa shape index (κ2) is 11.4. The van der Waals surface area contributed by atoms with Gasteiger partial charge in [-0.25, -0.2) is 19.9 Å². The topological polar surface area (TPSA) is 69.6 Å². The number of fused-ring (bicyclic) bond motifs is 4. The van der Waals surface area contributed by atoms with Gasteiger partial charge in [0.25, 0.3) is 0 Å². The Morgan fingerprint density at radius 2 is 1.17 bits per heavy atom. The summed E-state index contributed by atoms with van der Waals surface area (Å²) in [6.45, 7) is 2.96. The van der Waals surface area contributed by atoms with Crippen molar-refractivity contribution in [2.45, 2.75) is 13.5 Å². The summed E-state index contributed by atoms with van der Waals surface area (Å²) in [6, 6.07) is 49.4. The minimum Gasteiger partial charge on any atom is -0.456 e. The Labute approximate surface area is 277 Å². The van der Waals surface area contributed by atoms with E-state index in [0.717, 1.165) is 78.7 Å². The monoisotopic (exact) mass is 619 g/mol. The van der Waals surface area contributed by atoms with Crippen molar-refractivity contribution in [2.24, 2.45) is 0 Å². The van der Waals surface area contributed by atoms with E-state index in [2.05, 4.69) is 96.4 Å². The largest absolute Gasteiger partial charge is 0.456 e. The second-order valence-electron chi connectivity index (χ2n) is 11.8. The molecule has 0 aliphatic carbocycles. The third kappa shape index (κ3) is 4.74. The Bertz CT molecular complexity index is 2600. The van der Waals surface area contributed by atoms with Crippen molar-refractivity contribution in [1.82, 2.24) is 24.5 Å². The minimum absolute atomic E-state index is 0.587. The molecule has 0 bridgehead atoms. The van der Waals surface area contributed by atoms with Crippen LogP contribution in [0, 0.1) is 0 Å². The fourth-order valence-electron chi connectivity index (χ4n) is 6.58. The average molecular weight is 620 g/mol. The zero-order valence-electron chi connectivity index (χ0n) is 26.2. The summed E-state index contributed by atoms with van der Waals surface area (Å²) in [4.78, 5) is 20.2. The molecule has 0 saturated carbocycles. The van der Waals surface area contributed by atoms with E-state index in [1.165, 1.54) is 0 Å². The Balaban J connectivity index is 1.25. The number of nitrogens with zero attached hydrogens (tertiary/aromatic N) is 5. The molecule has 0 unspecified atom stereocenters. The second-order valence-corrected chi connectivity index (χ2v) is 11.8. The molecular formula is C42H29N5O. The molecule has 0 aliphatic rings. The van der Waals surface area contributed by atoms with E-state index in [1.807, 2.05) is 60.7 Å². The highest BCUT2D eigenvalue weighted by atomic mass is 16.3. The molecule has 0 radical (unpaired) electrons. The minimum atomic E-state index is 0.587. The molecule has 3 heterocycles. The molecule has 6 aromatic carbocycles. The zero-order chi connectivity index (χ0) is 32.0. The highest BCUT2D eigenvalue weighted by Crippen LogP contribution is 2.39. The van der Waals surface area contributed by atoms with E-state index >= 15 is 0 Å². The Morgan fingerprint density at radius 3 is 1.98 bits per heavy atom. The lowest BCUT2D eigenvalue weighted by Gasteiger charge is -2.10. The van der Waals surface area contributed by atoms with Gasteiger partial charge in [-0.15, -0.1) is 0 Å². The van der Waals surface area contributed by atoms with Gasteiger partial charge in [0, 0.05) is 39.6 Å². The molecule has 0 atom stereocenters. The number of imidazole rings is 1. The fourth-order valence-corrected chi connectivity index (χ4v) is 6.58. The van der Waals surface area contributed by atoms with Crippen LogP contribution in [0.1, 0.15) is 6.92 Å². The van der Waals surface area contributed by atoms with Crippen LogP contribution in [0.25, 0.3) is 89.7 Å². The van der Waals surface area contributed by atoms with Gasteiger partial charge < -0.3 is 8.98 Å². The molecule has 6 nitrogen and oxygen atoms in total. The molecule has 0 N–H and O–H groups in total. The third-order valence-electron chi connectivity index (χ3n) is 8.86. The van der Waals surface area contributed by atoms with Crippen LogP contribution in [0.5, 0.6) is 0 Å². The van der Waals surface area contributed by atoms with Crippen molar-refractivity contribution >= 4 is 33.0 Å². The van der Waals surface area contributed by atoms with Crippen molar-refractivity contribution < 1.29 is 4.42 Å². The quantitative estimate of drug-likeness (QED) is 0.185. The molecule has 0 amide bonds. The molecule has 228 valence electrons. The standard InChI is InChI=1S/C42H29N5O/c1-2-47-35-21-10-9-20-34(35)43-42(47)31-23-24-36-33(26-31)38-32(19-12-22-37(38)48-36)41-45-39(28-15-7-4-8-16-28)44-40(46-41)30-18-11-17-29(25-30)27-13-5-3-6-14-27/h3-26H,2H2,1H3. The average Bonchev–Trinajstić information content (AvgIpc) is 3.73. The number of furan rings is 1. The normalized spacial score (nSPS) is 11.5. The van der Waals surface area contributed by atoms with Crippen LogP contribution in [-0.4, -0.2) is 24.5 Å². The molecule has 3 aromatic heterocycles. The van der Waals surface area contributed by atoms with E-state index in [-0.39, 0.29) is 0 Å². The van der Waals surface area contributed by atoms with Gasteiger partial charge in [-0.05, 0) is 60.5 Å². The Hall–Kier alpha value is -6.40. The number of hydrogen-bond donors (Lipinski definition) is 0. The maximum atomic E-state index is 6.42. The highest BCUT2D eigenvalue weighted by molar-refractivity contribution is 6.12. The Morgan fingerprint density at radius 1 is 0.500 bits per heavy atom. The van der Waals surface area contributed by atoms with Crippen molar-refractivity contribution in [1.29, 1.82) is 0 Å². The predicted molar refractivity (Wildman–Crippen MR) is 193 cm³/mol. The lowest BCUT2D eigenvalue weighted by molar-refractivity contribution is 0.669. The summed E-state index contributed by atoms with van der Waals surface area (Å²) in [5.41, 5.74) is 9.67. The van der Waals surface area contributed by atoms with Gasteiger partial charge in [0.05, 0.1) is 11.0 Å². The predicted octanol–water partition coefficient (Wildman–Crippen LogP) is 10.5. The molecule has 9 aromatic rings. The first kappa shape index (κ1) is 27.9. The number of hydrogen-bond acceptors (Lipinski definition) is 5. The molecule has 0 spiro atoms. The van der Waals surface area contributed by atoms with Crippen molar-refractivity contribution in [2.75, 3.05) is 0 Å². The van der Waals surface area contributed by atoms with Gasteiger partial charge in [-0.2, -0.15) is 0 Å². The van der Waals surface area contributed by atoms with Crippen LogP contribution in [-0.2, 0) is 6.54 Å². The summed E-state index contributed by atoms with van der Waals surface area (Å²) >= 11 is 0. The number of rotatable bonds is 6. The number of aryl methyl sites for hydroxylation is 1. The van der Waals surface area contributed by atoms with Gasteiger partial charge in [-0.3, -0.25) is 0 Å². The molecule has 0 aliphatic heterocycles. The first-order chi connectivity index (χ1) is 23.7. The Kier molecular flexibility index (Phi) is 6.64. The van der Waals surface area contributed by atoms with Crippen LogP contribution >= 0.6 is 0 Å². The van der Waals surface area contributed by atoms with Crippen molar-refractivity contribution in [3.63, 3.8) is 0 Å². The van der Waals surface area contributed by atoms with Crippen molar-refractivity contribution in [3.05, 3.63) is 146 Å². The van der Waals surface area contributed by atoms with Crippen LogP contribution in [0.4, 0.5) is 0 Å². The molecule has 0 saturated heterocycles. The van der Waals surface area contributed by atoms with Gasteiger partial charge >= 0.3 is 0 Å². The molecule has 48 heavy (non-hydrogen) atoms. The summed E-state index contributed by atoms with van der Waals surface area (Å²) in [5.74, 6) is 2.74. The SMILES string of the molecule is CCn1c(-c2ccc3oc4cccc(-c5nc(-c6ccccc6)nc(-c6cccc(-c7ccccc7)c6)n5)c4c3c2)nc2ccccc21. The number of para-hydroxylation sites is 2. The number of aromatic nitrogens is 5. The first-order valence-electron chi connectivity index (χ1n) is 16.1. The summed E-state index contributed by atoms with van der Waals surface area (Å²) in [6.07, 6.45) is 0. The smallest absolute Gasteiger partial charge is 0.164 e. The highest BCUT2D eigenvalue weighted by Gasteiger charge is 2.20. The van der Waals surface area contributed by atoms with Gasteiger partial charge in [0.2, 0.25) is 0 Å². The van der Waals surface area contributed by atoms with Crippen LogP contribution in [0.3, 0.4) is 0 Å². The van der Waals surface area contributed by atoms with Crippen LogP contribution < -0.4 is 0 Å². The fraction of sp³-hybridized carbons (Fsp3) is 0.0476. The first-order valence-corrected chi connectivity index (χ1v) is 16.1.